The highest BCUT2D eigenvalue weighted by molar-refractivity contribution is 9.09. The molecule has 1 saturated carbocycles. The van der Waals surface area contributed by atoms with E-state index in [1.54, 1.807) is 19.1 Å². The summed E-state index contributed by atoms with van der Waals surface area (Å²) < 4.78 is 0. The van der Waals surface area contributed by atoms with E-state index in [-0.39, 0.29) is 11.7 Å². The summed E-state index contributed by atoms with van der Waals surface area (Å²) in [5.41, 5.74) is 1.16. The maximum atomic E-state index is 12.3. The maximum absolute atomic E-state index is 12.3. The Labute approximate surface area is 110 Å². The van der Waals surface area contributed by atoms with Gasteiger partial charge in [0.2, 0.25) is 0 Å². The number of phenols is 1. The highest BCUT2D eigenvalue weighted by Gasteiger charge is 2.33. The van der Waals surface area contributed by atoms with Crippen molar-refractivity contribution in [1.82, 2.24) is 4.90 Å². The molecule has 1 N–H and O–H groups in total. The fourth-order valence-corrected chi connectivity index (χ4v) is 2.30. The first-order chi connectivity index (χ1) is 8.15. The molecule has 1 aromatic rings. The molecule has 0 unspecified atom stereocenters. The van der Waals surface area contributed by atoms with Crippen LogP contribution in [-0.4, -0.2) is 33.8 Å². The van der Waals surface area contributed by atoms with Crippen molar-refractivity contribution in [2.75, 3.05) is 11.9 Å². The molecule has 0 heterocycles. The quantitative estimate of drug-likeness (QED) is 0.868. The summed E-state index contributed by atoms with van der Waals surface area (Å²) >= 11 is 3.36. The second kappa shape index (κ2) is 5.08. The monoisotopic (exact) mass is 297 g/mol. The number of rotatable bonds is 4. The van der Waals surface area contributed by atoms with Crippen LogP contribution in [0.3, 0.4) is 0 Å². The van der Waals surface area contributed by atoms with Gasteiger partial charge in [-0.15, -0.1) is 0 Å². The smallest absolute Gasteiger partial charge is 0.257 e. The highest BCUT2D eigenvalue weighted by Crippen LogP contribution is 2.30. The predicted octanol–water partition coefficient (Wildman–Crippen LogP) is 2.70. The van der Waals surface area contributed by atoms with Crippen molar-refractivity contribution < 1.29 is 9.90 Å². The van der Waals surface area contributed by atoms with Gasteiger partial charge in [0.05, 0.1) is 5.56 Å². The van der Waals surface area contributed by atoms with Crippen molar-refractivity contribution >= 4 is 21.8 Å². The number of hydrogen-bond donors (Lipinski definition) is 1. The lowest BCUT2D eigenvalue weighted by atomic mass is 10.1. The van der Waals surface area contributed by atoms with E-state index in [0.717, 1.165) is 23.7 Å². The van der Waals surface area contributed by atoms with E-state index >= 15 is 0 Å². The fourth-order valence-electron chi connectivity index (χ4n) is 1.91. The van der Waals surface area contributed by atoms with Crippen LogP contribution in [0.25, 0.3) is 0 Å². The largest absolute Gasteiger partial charge is 0.507 e. The minimum Gasteiger partial charge on any atom is -0.507 e. The van der Waals surface area contributed by atoms with Gasteiger partial charge in [-0.25, -0.2) is 0 Å². The Kier molecular flexibility index (Phi) is 3.72. The first-order valence-corrected chi connectivity index (χ1v) is 6.93. The molecule has 0 spiro atoms. The van der Waals surface area contributed by atoms with Crippen LogP contribution in [-0.2, 0) is 0 Å². The number of hydrogen-bond acceptors (Lipinski definition) is 2. The van der Waals surface area contributed by atoms with E-state index in [4.69, 9.17) is 0 Å². The first kappa shape index (κ1) is 12.4. The number of halogens is 1. The van der Waals surface area contributed by atoms with Gasteiger partial charge in [0.1, 0.15) is 5.75 Å². The molecule has 0 aliphatic heterocycles. The Morgan fingerprint density at radius 1 is 1.53 bits per heavy atom. The Balaban J connectivity index is 2.25. The van der Waals surface area contributed by atoms with Gasteiger partial charge in [-0.2, -0.15) is 0 Å². The van der Waals surface area contributed by atoms with E-state index in [1.165, 1.54) is 0 Å². The molecule has 4 heteroatoms. The number of para-hydroxylation sites is 1. The van der Waals surface area contributed by atoms with Crippen molar-refractivity contribution in [3.8, 4) is 5.75 Å². The second-order valence-corrected chi connectivity index (χ2v) is 5.18. The van der Waals surface area contributed by atoms with E-state index in [2.05, 4.69) is 15.9 Å². The van der Waals surface area contributed by atoms with Gasteiger partial charge in [0, 0.05) is 17.9 Å². The van der Waals surface area contributed by atoms with Crippen LogP contribution in [0.15, 0.2) is 18.2 Å². The van der Waals surface area contributed by atoms with Crippen molar-refractivity contribution in [3.05, 3.63) is 29.3 Å². The lowest BCUT2D eigenvalue weighted by Gasteiger charge is -2.22. The zero-order chi connectivity index (χ0) is 12.4. The first-order valence-electron chi connectivity index (χ1n) is 5.80. The zero-order valence-electron chi connectivity index (χ0n) is 9.82. The minimum atomic E-state index is -0.0619. The van der Waals surface area contributed by atoms with Crippen LogP contribution in [0.4, 0.5) is 0 Å². The van der Waals surface area contributed by atoms with Crippen molar-refractivity contribution in [1.29, 1.82) is 0 Å². The van der Waals surface area contributed by atoms with Gasteiger partial charge >= 0.3 is 0 Å². The molecule has 0 bridgehead atoms. The van der Waals surface area contributed by atoms with Gasteiger partial charge in [-0.3, -0.25) is 4.79 Å². The number of phenolic OH excluding ortho intramolecular Hbond substituents is 1. The molecule has 2 rings (SSSR count). The number of alkyl halides is 1. The summed E-state index contributed by atoms with van der Waals surface area (Å²) in [7, 11) is 0. The normalized spacial score (nSPS) is 14.7. The number of aryl methyl sites for hydroxylation is 1. The van der Waals surface area contributed by atoms with E-state index in [9.17, 15) is 9.90 Å². The molecule has 1 fully saturated rings. The third kappa shape index (κ3) is 2.63. The van der Waals surface area contributed by atoms with Gasteiger partial charge < -0.3 is 10.0 Å². The van der Waals surface area contributed by atoms with Gasteiger partial charge in [0.25, 0.3) is 5.91 Å². The number of carbonyl (C=O) groups excluding carboxylic acids is 1. The molecule has 0 aromatic heterocycles. The second-order valence-electron chi connectivity index (χ2n) is 4.39. The Hall–Kier alpha value is -1.03. The summed E-state index contributed by atoms with van der Waals surface area (Å²) in [6.45, 7) is 2.49. The number of amides is 1. The average molecular weight is 298 g/mol. The van der Waals surface area contributed by atoms with Crippen LogP contribution >= 0.6 is 15.9 Å². The number of carbonyl (C=O) groups is 1. The number of aromatic hydroxyl groups is 1. The van der Waals surface area contributed by atoms with Gasteiger partial charge in [-0.05, 0) is 31.4 Å². The van der Waals surface area contributed by atoms with E-state index < -0.39 is 0 Å². The zero-order valence-corrected chi connectivity index (χ0v) is 11.4. The molecule has 3 nitrogen and oxygen atoms in total. The van der Waals surface area contributed by atoms with Crippen LogP contribution in [0.1, 0.15) is 28.8 Å². The Morgan fingerprint density at radius 2 is 2.24 bits per heavy atom. The van der Waals surface area contributed by atoms with E-state index in [0.29, 0.717) is 18.2 Å². The molecular formula is C13H16BrNO2. The molecule has 0 atom stereocenters. The number of nitrogens with zero attached hydrogens (tertiary/aromatic N) is 1. The molecule has 1 aromatic carbocycles. The third-order valence-corrected chi connectivity index (χ3v) is 3.40. The lowest BCUT2D eigenvalue weighted by Crippen LogP contribution is -2.34. The summed E-state index contributed by atoms with van der Waals surface area (Å²) in [6.07, 6.45) is 2.15. The average Bonchev–Trinajstić information content (AvgIpc) is 3.13. The molecule has 92 valence electrons. The summed E-state index contributed by atoms with van der Waals surface area (Å²) in [6, 6.07) is 5.66. The van der Waals surface area contributed by atoms with Gasteiger partial charge in [-0.1, -0.05) is 28.1 Å². The minimum absolute atomic E-state index is 0.0619. The van der Waals surface area contributed by atoms with E-state index in [1.807, 2.05) is 11.0 Å². The van der Waals surface area contributed by atoms with Gasteiger partial charge in [0.15, 0.2) is 0 Å². The highest BCUT2D eigenvalue weighted by atomic mass is 79.9. The Morgan fingerprint density at radius 3 is 2.82 bits per heavy atom. The number of benzene rings is 1. The van der Waals surface area contributed by atoms with Crippen molar-refractivity contribution in [2.24, 2.45) is 0 Å². The third-order valence-electron chi connectivity index (χ3n) is 3.04. The molecular weight excluding hydrogens is 282 g/mol. The predicted molar refractivity (Wildman–Crippen MR) is 70.7 cm³/mol. The molecule has 0 saturated heterocycles. The summed E-state index contributed by atoms with van der Waals surface area (Å²) in [5.74, 6) is 0.0471. The van der Waals surface area contributed by atoms with Crippen LogP contribution < -0.4 is 0 Å². The molecule has 1 aliphatic carbocycles. The van der Waals surface area contributed by atoms with Crippen LogP contribution in [0, 0.1) is 6.92 Å². The Bertz CT molecular complexity index is 429. The molecule has 1 amide bonds. The molecule has 0 radical (unpaired) electrons. The fraction of sp³-hybridized carbons (Fsp3) is 0.462. The summed E-state index contributed by atoms with van der Waals surface area (Å²) in [5, 5.41) is 10.7. The lowest BCUT2D eigenvalue weighted by molar-refractivity contribution is 0.0751. The molecule has 17 heavy (non-hydrogen) atoms. The van der Waals surface area contributed by atoms with Crippen molar-refractivity contribution in [2.45, 2.75) is 25.8 Å². The standard InChI is InChI=1S/C13H16BrNO2/c1-9-3-2-4-11(12(9)16)13(17)15(8-7-14)10-5-6-10/h2-4,10,16H,5-8H2,1H3. The SMILES string of the molecule is Cc1cccc(C(=O)N(CCBr)C2CC2)c1O. The van der Waals surface area contributed by atoms with Crippen LogP contribution in [0.5, 0.6) is 5.75 Å². The van der Waals surface area contributed by atoms with Crippen molar-refractivity contribution in [3.63, 3.8) is 0 Å². The van der Waals surface area contributed by atoms with Crippen LogP contribution in [0.2, 0.25) is 0 Å². The molecule has 1 aliphatic rings. The maximum Gasteiger partial charge on any atom is 0.257 e. The summed E-state index contributed by atoms with van der Waals surface area (Å²) in [4.78, 5) is 14.2. The topological polar surface area (TPSA) is 40.5 Å².